The summed E-state index contributed by atoms with van der Waals surface area (Å²) in [6.07, 6.45) is 3.52. The second-order valence-corrected chi connectivity index (χ2v) is 10.2. The van der Waals surface area contributed by atoms with Gasteiger partial charge in [0.05, 0.1) is 6.04 Å². The second-order valence-electron chi connectivity index (χ2n) is 10.2. The predicted molar refractivity (Wildman–Crippen MR) is 133 cm³/mol. The van der Waals surface area contributed by atoms with E-state index in [0.717, 1.165) is 35.9 Å². The third kappa shape index (κ3) is 4.34. The van der Waals surface area contributed by atoms with Gasteiger partial charge in [-0.2, -0.15) is 0 Å². The molecule has 5 N–H and O–H groups in total. The highest BCUT2D eigenvalue weighted by Gasteiger charge is 2.50. The van der Waals surface area contributed by atoms with Gasteiger partial charge in [-0.1, -0.05) is 12.5 Å². The van der Waals surface area contributed by atoms with E-state index >= 15 is 0 Å². The van der Waals surface area contributed by atoms with Crippen molar-refractivity contribution in [2.45, 2.75) is 44.2 Å². The molecule has 3 heterocycles. The lowest BCUT2D eigenvalue weighted by atomic mass is 9.92. The summed E-state index contributed by atoms with van der Waals surface area (Å²) in [6, 6.07) is 5.87. The quantitative estimate of drug-likeness (QED) is 0.370. The third-order valence-electron chi connectivity index (χ3n) is 8.13. The van der Waals surface area contributed by atoms with Crippen LogP contribution in [-0.4, -0.2) is 77.3 Å². The first-order chi connectivity index (χ1) is 17.4. The number of ketones is 1. The molecule has 10 heteroatoms. The van der Waals surface area contributed by atoms with Gasteiger partial charge in [-0.05, 0) is 55.7 Å². The van der Waals surface area contributed by atoms with E-state index in [2.05, 4.69) is 20.9 Å². The number of carbonyl (C=O) groups excluding carboxylic acids is 4. The average molecular weight is 496 g/mol. The van der Waals surface area contributed by atoms with Crippen molar-refractivity contribution in [2.75, 3.05) is 32.1 Å². The predicted octanol–water partition coefficient (Wildman–Crippen LogP) is 1.02. The topological polar surface area (TPSA) is 144 Å². The number of hydrogen-bond acceptors (Lipinski definition) is 6. The molecule has 2 aliphatic heterocycles. The molecule has 0 radical (unpaired) electrons. The van der Waals surface area contributed by atoms with Crippen molar-refractivity contribution >= 4 is 40.1 Å². The van der Waals surface area contributed by atoms with E-state index in [1.54, 1.807) is 4.90 Å². The highest BCUT2D eigenvalue weighted by atomic mass is 16.3. The van der Waals surface area contributed by atoms with E-state index in [4.69, 9.17) is 0 Å². The van der Waals surface area contributed by atoms with Gasteiger partial charge in [-0.15, -0.1) is 0 Å². The van der Waals surface area contributed by atoms with Crippen LogP contribution in [0.1, 0.15) is 42.6 Å². The monoisotopic (exact) mass is 495 g/mol. The molecule has 36 heavy (non-hydrogen) atoms. The lowest BCUT2D eigenvalue weighted by Crippen LogP contribution is -2.53. The molecular formula is C26H33N5O5. The maximum Gasteiger partial charge on any atom is 0.271 e. The van der Waals surface area contributed by atoms with E-state index in [1.807, 2.05) is 31.3 Å². The lowest BCUT2D eigenvalue weighted by Gasteiger charge is -2.29. The SMILES string of the molecule is CNc1cccc2[nH]c(C(=O)N3CC4CCCC4C3C(=O)NC(CC3CCNC3=O)C(=O)CO)cc12. The largest absolute Gasteiger partial charge is 0.389 e. The zero-order valence-electron chi connectivity index (χ0n) is 20.4. The molecule has 5 atom stereocenters. The number of aromatic amines is 1. The Bertz CT molecular complexity index is 1190. The third-order valence-corrected chi connectivity index (χ3v) is 8.13. The van der Waals surface area contributed by atoms with Crippen molar-refractivity contribution in [3.63, 3.8) is 0 Å². The number of aliphatic hydroxyl groups excluding tert-OH is 1. The van der Waals surface area contributed by atoms with Crippen LogP contribution in [0.5, 0.6) is 0 Å². The Hall–Kier alpha value is -3.40. The van der Waals surface area contributed by atoms with Gasteiger partial charge < -0.3 is 30.9 Å². The molecule has 5 unspecified atom stereocenters. The van der Waals surface area contributed by atoms with Crippen molar-refractivity contribution in [3.8, 4) is 0 Å². The second kappa shape index (κ2) is 9.93. The summed E-state index contributed by atoms with van der Waals surface area (Å²) in [4.78, 5) is 56.7. The first-order valence-electron chi connectivity index (χ1n) is 12.7. The summed E-state index contributed by atoms with van der Waals surface area (Å²) < 4.78 is 0. The molecule has 1 aromatic heterocycles. The number of nitrogens with zero attached hydrogens (tertiary/aromatic N) is 1. The normalized spacial score (nSPS) is 26.1. The van der Waals surface area contributed by atoms with Gasteiger partial charge >= 0.3 is 0 Å². The number of hydrogen-bond donors (Lipinski definition) is 5. The van der Waals surface area contributed by atoms with Crippen LogP contribution in [0.15, 0.2) is 24.3 Å². The Labute approximate surface area is 209 Å². The number of likely N-dealkylation sites (tertiary alicyclic amines) is 1. The van der Waals surface area contributed by atoms with Crippen LogP contribution in [0, 0.1) is 17.8 Å². The zero-order chi connectivity index (χ0) is 25.4. The van der Waals surface area contributed by atoms with Gasteiger partial charge in [0.25, 0.3) is 5.91 Å². The van der Waals surface area contributed by atoms with Crippen LogP contribution in [0.2, 0.25) is 0 Å². The van der Waals surface area contributed by atoms with Crippen molar-refractivity contribution in [1.82, 2.24) is 20.5 Å². The molecule has 0 bridgehead atoms. The number of aromatic nitrogens is 1. The number of Topliss-reactive ketones (excluding diaryl/α,β-unsaturated/α-hetero) is 1. The van der Waals surface area contributed by atoms with E-state index in [9.17, 15) is 24.3 Å². The zero-order valence-corrected chi connectivity index (χ0v) is 20.4. The van der Waals surface area contributed by atoms with Crippen molar-refractivity contribution < 1.29 is 24.3 Å². The highest BCUT2D eigenvalue weighted by Crippen LogP contribution is 2.43. The summed E-state index contributed by atoms with van der Waals surface area (Å²) in [7, 11) is 1.82. The first-order valence-corrected chi connectivity index (χ1v) is 12.7. The number of amides is 3. The van der Waals surface area contributed by atoms with Crippen LogP contribution in [0.3, 0.4) is 0 Å². The molecule has 10 nitrogen and oxygen atoms in total. The lowest BCUT2D eigenvalue weighted by molar-refractivity contribution is -0.133. The van der Waals surface area contributed by atoms with Crippen LogP contribution in [-0.2, 0) is 14.4 Å². The summed E-state index contributed by atoms with van der Waals surface area (Å²) >= 11 is 0. The molecule has 192 valence electrons. The minimum Gasteiger partial charge on any atom is -0.389 e. The highest BCUT2D eigenvalue weighted by molar-refractivity contribution is 6.03. The number of H-pyrrole nitrogens is 1. The maximum absolute atomic E-state index is 13.7. The summed E-state index contributed by atoms with van der Waals surface area (Å²) in [5, 5.41) is 19.1. The van der Waals surface area contributed by atoms with Gasteiger partial charge in [-0.25, -0.2) is 0 Å². The van der Waals surface area contributed by atoms with Crippen LogP contribution >= 0.6 is 0 Å². The van der Waals surface area contributed by atoms with Crippen LogP contribution in [0.25, 0.3) is 10.9 Å². The van der Waals surface area contributed by atoms with Crippen molar-refractivity contribution in [1.29, 1.82) is 0 Å². The minimum absolute atomic E-state index is 0.0193. The van der Waals surface area contributed by atoms with Gasteiger partial charge in [0.2, 0.25) is 11.8 Å². The molecule has 1 saturated carbocycles. The molecular weight excluding hydrogens is 462 g/mol. The number of fused-ring (bicyclic) bond motifs is 2. The maximum atomic E-state index is 13.7. The molecule has 1 aromatic carbocycles. The van der Waals surface area contributed by atoms with Gasteiger partial charge in [0.1, 0.15) is 18.3 Å². The Morgan fingerprint density at radius 3 is 2.78 bits per heavy atom. The molecule has 2 aromatic rings. The number of nitrogens with one attached hydrogen (secondary N) is 4. The first kappa shape index (κ1) is 24.3. The Morgan fingerprint density at radius 1 is 1.22 bits per heavy atom. The van der Waals surface area contributed by atoms with Crippen molar-refractivity contribution in [2.24, 2.45) is 17.8 Å². The van der Waals surface area contributed by atoms with E-state index in [-0.39, 0.29) is 36.0 Å². The summed E-state index contributed by atoms with van der Waals surface area (Å²) in [6.45, 7) is 0.299. The fraction of sp³-hybridized carbons (Fsp3) is 0.538. The van der Waals surface area contributed by atoms with Crippen LogP contribution in [0.4, 0.5) is 5.69 Å². The molecule has 3 aliphatic rings. The minimum atomic E-state index is -0.972. The smallest absolute Gasteiger partial charge is 0.271 e. The number of benzene rings is 1. The molecule has 3 fully saturated rings. The molecule has 2 saturated heterocycles. The molecule has 0 spiro atoms. The number of carbonyl (C=O) groups is 4. The van der Waals surface area contributed by atoms with Gasteiger partial charge in [-0.3, -0.25) is 19.2 Å². The molecule has 3 amide bonds. The standard InChI is InChI=1S/C26H33N5O5/c1-27-18-6-3-7-19-17(18)11-21(29-19)26(36)31-12-15-4-2-5-16(15)23(31)25(35)30-20(22(33)13-32)10-14-8-9-28-24(14)34/h3,6-7,11,14-16,20,23,27,29,32H,2,4-5,8-10,12-13H2,1H3,(H,28,34)(H,30,35). The average Bonchev–Trinajstić information content (AvgIpc) is 3.66. The molecule has 1 aliphatic carbocycles. The van der Waals surface area contributed by atoms with Gasteiger partial charge in [0, 0.05) is 42.6 Å². The van der Waals surface area contributed by atoms with Crippen LogP contribution < -0.4 is 16.0 Å². The van der Waals surface area contributed by atoms with E-state index < -0.39 is 30.4 Å². The van der Waals surface area contributed by atoms with Crippen molar-refractivity contribution in [3.05, 3.63) is 30.0 Å². The number of rotatable bonds is 8. The van der Waals surface area contributed by atoms with E-state index in [1.165, 1.54) is 0 Å². The van der Waals surface area contributed by atoms with Gasteiger partial charge in [0.15, 0.2) is 5.78 Å². The fourth-order valence-electron chi connectivity index (χ4n) is 6.29. The fourth-order valence-corrected chi connectivity index (χ4v) is 6.29. The number of anilines is 1. The Morgan fingerprint density at radius 2 is 2.06 bits per heavy atom. The molecule has 5 rings (SSSR count). The Kier molecular flexibility index (Phi) is 6.70. The number of aliphatic hydroxyl groups is 1. The Balaban J connectivity index is 1.39. The summed E-state index contributed by atoms with van der Waals surface area (Å²) in [5.74, 6) is -1.46. The summed E-state index contributed by atoms with van der Waals surface area (Å²) in [5.41, 5.74) is 2.14. The van der Waals surface area contributed by atoms with E-state index in [0.29, 0.717) is 25.2 Å².